The van der Waals surface area contributed by atoms with E-state index in [4.69, 9.17) is 15.3 Å². The van der Waals surface area contributed by atoms with Gasteiger partial charge in [0.15, 0.2) is 0 Å². The third-order valence-corrected chi connectivity index (χ3v) is 5.54. The molecule has 4 heterocycles. The number of anilines is 1. The number of hydrogen-bond acceptors (Lipinski definition) is 8. The smallest absolute Gasteiger partial charge is 0.293 e. The van der Waals surface area contributed by atoms with Gasteiger partial charge >= 0.3 is 0 Å². The van der Waals surface area contributed by atoms with Crippen LogP contribution in [0.1, 0.15) is 25.3 Å². The maximum atomic E-state index is 13.4. The van der Waals surface area contributed by atoms with Gasteiger partial charge < -0.3 is 10.6 Å². The molecule has 1 unspecified atom stereocenters. The summed E-state index contributed by atoms with van der Waals surface area (Å²) in [5.41, 5.74) is 9.20. The molecule has 0 radical (unpaired) electrons. The lowest BCUT2D eigenvalue weighted by Crippen LogP contribution is -2.44. The molecule has 5 rings (SSSR count). The zero-order valence-corrected chi connectivity index (χ0v) is 17.2. The minimum Gasteiger partial charge on any atom is -0.341 e. The van der Waals surface area contributed by atoms with Gasteiger partial charge in [0.2, 0.25) is 5.95 Å². The van der Waals surface area contributed by atoms with Gasteiger partial charge in [-0.25, -0.2) is 14.3 Å². The Hall–Kier alpha value is -3.71. The second-order valence-corrected chi connectivity index (χ2v) is 7.70. The third-order valence-electron chi connectivity index (χ3n) is 5.54. The molecule has 1 aliphatic heterocycles. The van der Waals surface area contributed by atoms with Gasteiger partial charge in [0.1, 0.15) is 22.1 Å². The van der Waals surface area contributed by atoms with Crippen molar-refractivity contribution in [3.63, 3.8) is 0 Å². The van der Waals surface area contributed by atoms with Crippen LogP contribution in [0.2, 0.25) is 0 Å². The van der Waals surface area contributed by atoms with Crippen molar-refractivity contribution < 1.29 is 4.63 Å². The van der Waals surface area contributed by atoms with E-state index in [1.54, 1.807) is 13.1 Å². The van der Waals surface area contributed by atoms with Crippen LogP contribution >= 0.6 is 0 Å². The fraction of sp³-hybridized carbons (Fsp3) is 0.381. The predicted molar refractivity (Wildman–Crippen MR) is 116 cm³/mol. The molecule has 31 heavy (non-hydrogen) atoms. The normalized spacial score (nSPS) is 16.6. The van der Waals surface area contributed by atoms with Crippen LogP contribution in [0.5, 0.6) is 0 Å². The Bertz CT molecular complexity index is 1370. The molecule has 0 saturated carbocycles. The number of aromatic nitrogens is 6. The summed E-state index contributed by atoms with van der Waals surface area (Å²) in [5, 5.41) is 12.0. The van der Waals surface area contributed by atoms with Crippen molar-refractivity contribution in [3.8, 4) is 11.8 Å². The highest BCUT2D eigenvalue weighted by Gasteiger charge is 2.24. The van der Waals surface area contributed by atoms with E-state index in [0.29, 0.717) is 41.7 Å². The fourth-order valence-corrected chi connectivity index (χ4v) is 4.03. The highest BCUT2D eigenvalue weighted by molar-refractivity contribution is 5.77. The minimum absolute atomic E-state index is 0.0926. The lowest BCUT2D eigenvalue weighted by molar-refractivity contribution is 0.315. The van der Waals surface area contributed by atoms with Gasteiger partial charge in [0.25, 0.3) is 5.56 Å². The molecule has 0 amide bonds. The van der Waals surface area contributed by atoms with Gasteiger partial charge in [-0.3, -0.25) is 9.36 Å². The van der Waals surface area contributed by atoms with Crippen molar-refractivity contribution in [1.82, 2.24) is 29.6 Å². The van der Waals surface area contributed by atoms with Crippen LogP contribution in [0, 0.1) is 11.8 Å². The number of fused-ring (bicyclic) bond motifs is 2. The van der Waals surface area contributed by atoms with Gasteiger partial charge in [0, 0.05) is 19.1 Å². The molecule has 158 valence electrons. The Labute approximate surface area is 177 Å². The van der Waals surface area contributed by atoms with E-state index in [0.717, 1.165) is 30.9 Å². The molecule has 1 saturated heterocycles. The number of nitrogens with two attached hydrogens (primary N) is 1. The lowest BCUT2D eigenvalue weighted by Gasteiger charge is -2.31. The third kappa shape index (κ3) is 3.53. The number of benzene rings is 1. The first kappa shape index (κ1) is 19.3. The second kappa shape index (κ2) is 7.85. The van der Waals surface area contributed by atoms with E-state index < -0.39 is 0 Å². The Morgan fingerprint density at radius 2 is 2.13 bits per heavy atom. The monoisotopic (exact) mass is 418 g/mol. The molecule has 0 spiro atoms. The molecule has 3 aromatic heterocycles. The first-order chi connectivity index (χ1) is 15.1. The molecule has 1 aliphatic rings. The quantitative estimate of drug-likeness (QED) is 0.490. The van der Waals surface area contributed by atoms with Crippen molar-refractivity contribution in [1.29, 1.82) is 0 Å². The lowest BCUT2D eigenvalue weighted by atomic mass is 10.1. The Morgan fingerprint density at radius 1 is 1.26 bits per heavy atom. The summed E-state index contributed by atoms with van der Waals surface area (Å²) < 4.78 is 8.07. The van der Waals surface area contributed by atoms with E-state index >= 15 is 0 Å². The van der Waals surface area contributed by atoms with E-state index in [2.05, 4.69) is 32.2 Å². The van der Waals surface area contributed by atoms with Crippen molar-refractivity contribution >= 4 is 28.0 Å². The van der Waals surface area contributed by atoms with Crippen LogP contribution in [-0.4, -0.2) is 48.8 Å². The first-order valence-corrected chi connectivity index (χ1v) is 10.2. The zero-order chi connectivity index (χ0) is 21.4. The standard InChI is InChI=1S/C21H22N8O2/c1-2-3-9-28-19-18(24-21(28)27-8-4-5-15(22)13-27)11-23-29(20(19)30)12-14-6-7-16-17(10-14)26-31-25-16/h6-7,10-11,15H,4-5,8-9,12-13,22H2,1H3. The molecule has 0 bridgehead atoms. The average molecular weight is 418 g/mol. The van der Waals surface area contributed by atoms with Crippen LogP contribution in [-0.2, 0) is 13.1 Å². The summed E-state index contributed by atoms with van der Waals surface area (Å²) >= 11 is 0. The SMILES string of the molecule is CC#CCn1c(N2CCCC(N)C2)nc2cnn(Cc3ccc4nonc4c3)c(=O)c21. The van der Waals surface area contributed by atoms with Gasteiger partial charge in [-0.15, -0.1) is 5.92 Å². The molecule has 2 N–H and O–H groups in total. The van der Waals surface area contributed by atoms with Crippen LogP contribution in [0.15, 0.2) is 33.8 Å². The molecule has 4 aromatic rings. The number of rotatable bonds is 4. The predicted octanol–water partition coefficient (Wildman–Crippen LogP) is 1.13. The summed E-state index contributed by atoms with van der Waals surface area (Å²) in [6, 6.07) is 5.62. The van der Waals surface area contributed by atoms with Gasteiger partial charge in [-0.05, 0) is 47.8 Å². The number of nitrogens with zero attached hydrogens (tertiary/aromatic N) is 7. The Balaban J connectivity index is 1.58. The highest BCUT2D eigenvalue weighted by atomic mass is 16.6. The van der Waals surface area contributed by atoms with Gasteiger partial charge in [-0.2, -0.15) is 5.10 Å². The number of piperidine rings is 1. The van der Waals surface area contributed by atoms with E-state index in [1.165, 1.54) is 4.68 Å². The number of imidazole rings is 1. The average Bonchev–Trinajstić information content (AvgIpc) is 3.38. The molecular weight excluding hydrogens is 396 g/mol. The molecule has 1 aromatic carbocycles. The summed E-state index contributed by atoms with van der Waals surface area (Å²) in [4.78, 5) is 20.3. The van der Waals surface area contributed by atoms with Crippen molar-refractivity contribution in [2.24, 2.45) is 5.73 Å². The fourth-order valence-electron chi connectivity index (χ4n) is 4.03. The zero-order valence-electron chi connectivity index (χ0n) is 17.2. The largest absolute Gasteiger partial charge is 0.341 e. The van der Waals surface area contributed by atoms with Gasteiger partial charge in [0.05, 0.1) is 19.3 Å². The molecular formula is C21H22N8O2. The van der Waals surface area contributed by atoms with Crippen LogP contribution in [0.3, 0.4) is 0 Å². The summed E-state index contributed by atoms with van der Waals surface area (Å²) in [7, 11) is 0. The van der Waals surface area contributed by atoms with Crippen molar-refractivity contribution in [3.05, 3.63) is 40.3 Å². The topological polar surface area (TPSA) is 121 Å². The maximum Gasteiger partial charge on any atom is 0.293 e. The first-order valence-electron chi connectivity index (χ1n) is 10.2. The Kier molecular flexibility index (Phi) is 4.88. The Morgan fingerprint density at radius 3 is 2.97 bits per heavy atom. The second-order valence-electron chi connectivity index (χ2n) is 7.70. The molecule has 0 aliphatic carbocycles. The van der Waals surface area contributed by atoms with E-state index in [1.807, 2.05) is 22.8 Å². The molecule has 1 atom stereocenters. The minimum atomic E-state index is -0.214. The van der Waals surface area contributed by atoms with E-state index in [-0.39, 0.29) is 11.6 Å². The maximum absolute atomic E-state index is 13.4. The summed E-state index contributed by atoms with van der Waals surface area (Å²) in [6.45, 7) is 4.01. The number of hydrogen-bond donors (Lipinski definition) is 1. The summed E-state index contributed by atoms with van der Waals surface area (Å²) in [5.74, 6) is 6.70. The van der Waals surface area contributed by atoms with Crippen LogP contribution in [0.25, 0.3) is 22.1 Å². The van der Waals surface area contributed by atoms with Crippen LogP contribution in [0.4, 0.5) is 5.95 Å². The van der Waals surface area contributed by atoms with Crippen molar-refractivity contribution in [2.75, 3.05) is 18.0 Å². The van der Waals surface area contributed by atoms with Crippen LogP contribution < -0.4 is 16.2 Å². The highest BCUT2D eigenvalue weighted by Crippen LogP contribution is 2.23. The van der Waals surface area contributed by atoms with E-state index in [9.17, 15) is 4.79 Å². The molecule has 10 nitrogen and oxygen atoms in total. The summed E-state index contributed by atoms with van der Waals surface area (Å²) in [6.07, 6.45) is 3.62. The van der Waals surface area contributed by atoms with Gasteiger partial charge in [-0.1, -0.05) is 12.0 Å². The molecule has 1 fully saturated rings. The van der Waals surface area contributed by atoms with Crippen molar-refractivity contribution in [2.45, 2.75) is 38.9 Å². The molecule has 10 heteroatoms.